The average Bonchev–Trinajstić information content (AvgIpc) is 3.30. The van der Waals surface area contributed by atoms with E-state index in [0.717, 1.165) is 49.1 Å². The normalized spacial score (nSPS) is 15.1. The van der Waals surface area contributed by atoms with Crippen molar-refractivity contribution in [2.45, 2.75) is 26.7 Å². The number of carbonyl (C=O) groups is 1. The number of hydrogen-bond acceptors (Lipinski definition) is 7. The van der Waals surface area contributed by atoms with Crippen molar-refractivity contribution in [3.63, 3.8) is 0 Å². The monoisotopic (exact) mass is 383 g/mol. The van der Waals surface area contributed by atoms with Crippen LogP contribution in [0.25, 0.3) is 5.82 Å². The minimum absolute atomic E-state index is 0.00246. The first-order valence-electron chi connectivity index (χ1n) is 8.90. The largest absolute Gasteiger partial charge is 0.356 e. The number of hydrogen-bond donors (Lipinski definition) is 1. The van der Waals surface area contributed by atoms with Crippen molar-refractivity contribution < 1.29 is 4.79 Å². The van der Waals surface area contributed by atoms with Crippen LogP contribution in [0.15, 0.2) is 30.2 Å². The molecule has 0 bridgehead atoms. The van der Waals surface area contributed by atoms with Gasteiger partial charge in [-0.3, -0.25) is 9.36 Å². The van der Waals surface area contributed by atoms with Crippen molar-refractivity contribution in [2.75, 3.05) is 23.3 Å². The Bertz CT molecular complexity index is 943. The maximum Gasteiger partial charge on any atom is 0.229 e. The molecule has 3 aromatic heterocycles. The van der Waals surface area contributed by atoms with Crippen LogP contribution in [0, 0.1) is 19.8 Å². The summed E-state index contributed by atoms with van der Waals surface area (Å²) < 4.78 is 1.93. The van der Waals surface area contributed by atoms with Crippen LogP contribution in [0.1, 0.15) is 24.4 Å². The lowest BCUT2D eigenvalue weighted by Crippen LogP contribution is -2.38. The van der Waals surface area contributed by atoms with Gasteiger partial charge in [-0.05, 0) is 26.7 Å². The number of imidazole rings is 1. The van der Waals surface area contributed by atoms with Crippen LogP contribution in [-0.4, -0.2) is 43.5 Å². The Kier molecular flexibility index (Phi) is 4.85. The number of carbonyl (C=O) groups excluding carboxylic acids is 1. The molecule has 1 N–H and O–H groups in total. The smallest absolute Gasteiger partial charge is 0.229 e. The van der Waals surface area contributed by atoms with Gasteiger partial charge in [0.25, 0.3) is 0 Å². The summed E-state index contributed by atoms with van der Waals surface area (Å²) in [7, 11) is 0. The van der Waals surface area contributed by atoms with Gasteiger partial charge in [0.05, 0.1) is 5.69 Å². The average molecular weight is 383 g/mol. The van der Waals surface area contributed by atoms with Crippen LogP contribution in [0.5, 0.6) is 0 Å². The van der Waals surface area contributed by atoms with Gasteiger partial charge in [0.2, 0.25) is 5.91 Å². The summed E-state index contributed by atoms with van der Waals surface area (Å²) >= 11 is 1.46. The lowest BCUT2D eigenvalue weighted by molar-refractivity contribution is -0.120. The van der Waals surface area contributed by atoms with Gasteiger partial charge < -0.3 is 10.2 Å². The summed E-state index contributed by atoms with van der Waals surface area (Å²) in [6, 6.07) is 1.97. The van der Waals surface area contributed by atoms with Crippen LogP contribution >= 0.6 is 11.3 Å². The fourth-order valence-electron chi connectivity index (χ4n) is 3.25. The van der Waals surface area contributed by atoms with Gasteiger partial charge in [0, 0.05) is 42.8 Å². The number of anilines is 2. The Hall–Kier alpha value is -2.81. The molecule has 4 heterocycles. The number of amides is 1. The zero-order valence-electron chi connectivity index (χ0n) is 15.3. The molecule has 1 amide bonds. The van der Waals surface area contributed by atoms with Crippen molar-refractivity contribution in [1.82, 2.24) is 24.5 Å². The third-order valence-corrected chi connectivity index (χ3v) is 5.63. The molecule has 0 radical (unpaired) electrons. The van der Waals surface area contributed by atoms with E-state index in [9.17, 15) is 4.79 Å². The Morgan fingerprint density at radius 1 is 1.19 bits per heavy atom. The molecule has 4 rings (SSSR count). The van der Waals surface area contributed by atoms with Crippen molar-refractivity contribution >= 4 is 28.2 Å². The van der Waals surface area contributed by atoms with Crippen molar-refractivity contribution in [3.8, 4) is 5.82 Å². The fraction of sp³-hybridized carbons (Fsp3) is 0.389. The van der Waals surface area contributed by atoms with E-state index in [1.165, 1.54) is 11.3 Å². The van der Waals surface area contributed by atoms with E-state index in [4.69, 9.17) is 0 Å². The molecular formula is C18H21N7OS. The number of nitrogens with one attached hydrogen (secondary N) is 1. The van der Waals surface area contributed by atoms with Gasteiger partial charge in [0.15, 0.2) is 5.13 Å². The molecule has 0 aromatic carbocycles. The number of nitrogens with zero attached hydrogens (tertiary/aromatic N) is 6. The molecule has 0 aliphatic carbocycles. The van der Waals surface area contributed by atoms with Gasteiger partial charge in [0.1, 0.15) is 23.8 Å². The van der Waals surface area contributed by atoms with E-state index in [1.807, 2.05) is 36.1 Å². The summed E-state index contributed by atoms with van der Waals surface area (Å²) in [4.78, 5) is 32.0. The molecular weight excluding hydrogens is 362 g/mol. The van der Waals surface area contributed by atoms with E-state index in [2.05, 4.69) is 30.2 Å². The van der Waals surface area contributed by atoms with E-state index < -0.39 is 0 Å². The predicted octanol–water partition coefficient (Wildman–Crippen LogP) is 2.59. The molecule has 0 spiro atoms. The van der Waals surface area contributed by atoms with E-state index >= 15 is 0 Å². The SMILES string of the molecule is Cc1csc(NC(=O)C2CCN(c3cc(-n4ccnc4C)ncn3)CC2)n1. The Balaban J connectivity index is 1.39. The third kappa shape index (κ3) is 3.82. The van der Waals surface area contributed by atoms with Crippen LogP contribution in [0.3, 0.4) is 0 Å². The number of thiazole rings is 1. The summed E-state index contributed by atoms with van der Waals surface area (Å²) in [5, 5.41) is 5.55. The Labute approximate surface area is 161 Å². The quantitative estimate of drug-likeness (QED) is 0.745. The van der Waals surface area contributed by atoms with Crippen LogP contribution in [-0.2, 0) is 4.79 Å². The molecule has 1 fully saturated rings. The maximum absolute atomic E-state index is 12.5. The number of piperidine rings is 1. The highest BCUT2D eigenvalue weighted by molar-refractivity contribution is 7.13. The summed E-state index contributed by atoms with van der Waals surface area (Å²) in [5.74, 6) is 2.62. The number of rotatable bonds is 4. The second-order valence-corrected chi connectivity index (χ2v) is 7.48. The maximum atomic E-state index is 12.5. The van der Waals surface area contributed by atoms with Crippen molar-refractivity contribution in [3.05, 3.63) is 41.7 Å². The molecule has 8 nitrogen and oxygen atoms in total. The highest BCUT2D eigenvalue weighted by Gasteiger charge is 2.26. The third-order valence-electron chi connectivity index (χ3n) is 4.75. The minimum atomic E-state index is 0.00246. The molecule has 140 valence electrons. The molecule has 3 aromatic rings. The van der Waals surface area contributed by atoms with E-state index in [-0.39, 0.29) is 11.8 Å². The molecule has 0 saturated carbocycles. The minimum Gasteiger partial charge on any atom is -0.356 e. The second kappa shape index (κ2) is 7.43. The second-order valence-electron chi connectivity index (χ2n) is 6.62. The van der Waals surface area contributed by atoms with Gasteiger partial charge in [-0.2, -0.15) is 0 Å². The predicted molar refractivity (Wildman–Crippen MR) is 104 cm³/mol. The van der Waals surface area contributed by atoms with Gasteiger partial charge in [-0.1, -0.05) is 0 Å². The molecule has 1 aliphatic heterocycles. The highest BCUT2D eigenvalue weighted by Crippen LogP contribution is 2.24. The van der Waals surface area contributed by atoms with E-state index in [1.54, 1.807) is 12.5 Å². The standard InChI is InChI=1S/C18H21N7OS/c1-12-10-27-18(22-12)23-17(26)14-3-6-24(7-4-14)15-9-16(21-11-20-15)25-8-5-19-13(25)2/h5,8-11,14H,3-4,6-7H2,1-2H3,(H,22,23,26). The van der Waals surface area contributed by atoms with Gasteiger partial charge in [-0.25, -0.2) is 19.9 Å². The van der Waals surface area contributed by atoms with Crippen LogP contribution < -0.4 is 10.2 Å². The van der Waals surface area contributed by atoms with Gasteiger partial charge in [-0.15, -0.1) is 11.3 Å². The summed E-state index contributed by atoms with van der Waals surface area (Å²) in [5.41, 5.74) is 0.929. The van der Waals surface area contributed by atoms with Gasteiger partial charge >= 0.3 is 0 Å². The molecule has 9 heteroatoms. The van der Waals surface area contributed by atoms with Crippen LogP contribution in [0.2, 0.25) is 0 Å². The fourth-order valence-corrected chi connectivity index (χ4v) is 3.94. The molecule has 0 atom stereocenters. The lowest BCUT2D eigenvalue weighted by Gasteiger charge is -2.32. The Morgan fingerprint density at radius 3 is 2.63 bits per heavy atom. The highest BCUT2D eigenvalue weighted by atomic mass is 32.1. The number of aryl methyl sites for hydroxylation is 2. The first-order valence-corrected chi connectivity index (χ1v) is 9.78. The van der Waals surface area contributed by atoms with Crippen LogP contribution in [0.4, 0.5) is 10.9 Å². The first-order chi connectivity index (χ1) is 13.1. The topological polar surface area (TPSA) is 88.8 Å². The molecule has 0 unspecified atom stereocenters. The lowest BCUT2D eigenvalue weighted by atomic mass is 9.96. The van der Waals surface area contributed by atoms with Crippen molar-refractivity contribution in [2.24, 2.45) is 5.92 Å². The first kappa shape index (κ1) is 17.6. The summed E-state index contributed by atoms with van der Waals surface area (Å²) in [6.07, 6.45) is 6.80. The van der Waals surface area contributed by atoms with E-state index in [0.29, 0.717) is 5.13 Å². The van der Waals surface area contributed by atoms with Crippen molar-refractivity contribution in [1.29, 1.82) is 0 Å². The Morgan fingerprint density at radius 2 is 1.96 bits per heavy atom. The molecule has 1 saturated heterocycles. The molecule has 1 aliphatic rings. The zero-order valence-corrected chi connectivity index (χ0v) is 16.1. The zero-order chi connectivity index (χ0) is 18.8. The summed E-state index contributed by atoms with van der Waals surface area (Å²) in [6.45, 7) is 5.43. The molecule has 27 heavy (non-hydrogen) atoms. The number of aromatic nitrogens is 5.